The van der Waals surface area contributed by atoms with Gasteiger partial charge in [-0.15, -0.1) is 0 Å². The maximum Gasteiger partial charge on any atom is 0.337 e. The van der Waals surface area contributed by atoms with E-state index in [1.165, 1.54) is 0 Å². The Bertz CT molecular complexity index is 462. The van der Waals surface area contributed by atoms with Crippen LogP contribution in [0.25, 0.3) is 0 Å². The van der Waals surface area contributed by atoms with Gasteiger partial charge < -0.3 is 10.0 Å². The molecule has 0 saturated carbocycles. The van der Waals surface area contributed by atoms with Gasteiger partial charge >= 0.3 is 5.97 Å². The van der Waals surface area contributed by atoms with Crippen molar-refractivity contribution in [3.05, 3.63) is 26.6 Å². The van der Waals surface area contributed by atoms with E-state index in [2.05, 4.69) is 43.7 Å². The molecule has 1 aromatic carbocycles. The molecule has 1 heterocycles. The van der Waals surface area contributed by atoms with E-state index in [0.717, 1.165) is 34.0 Å². The van der Waals surface area contributed by atoms with Crippen molar-refractivity contribution < 1.29 is 9.90 Å². The molecule has 1 unspecified atom stereocenters. The molecular formula is C12H13Br2NO2. The van der Waals surface area contributed by atoms with Crippen LogP contribution >= 0.6 is 31.9 Å². The summed E-state index contributed by atoms with van der Waals surface area (Å²) >= 11 is 6.80. The standard InChI is InChI=1S/C12H13Br2NO2/c1-7-3-2-4-15(7)11-9(12(16)17)5-8(13)6-10(11)14/h5-7H,2-4H2,1H3,(H,16,17). The van der Waals surface area contributed by atoms with Gasteiger partial charge in [0.1, 0.15) is 0 Å². The van der Waals surface area contributed by atoms with Gasteiger partial charge in [0, 0.05) is 21.5 Å². The minimum Gasteiger partial charge on any atom is -0.478 e. The molecule has 0 amide bonds. The molecule has 92 valence electrons. The van der Waals surface area contributed by atoms with Crippen molar-refractivity contribution in [2.24, 2.45) is 0 Å². The number of rotatable bonds is 2. The van der Waals surface area contributed by atoms with E-state index in [-0.39, 0.29) is 0 Å². The first-order chi connectivity index (χ1) is 8.00. The van der Waals surface area contributed by atoms with Gasteiger partial charge in [-0.1, -0.05) is 15.9 Å². The van der Waals surface area contributed by atoms with E-state index < -0.39 is 5.97 Å². The summed E-state index contributed by atoms with van der Waals surface area (Å²) in [5.41, 5.74) is 1.14. The van der Waals surface area contributed by atoms with Crippen LogP contribution in [0, 0.1) is 0 Å². The third-order valence-corrected chi connectivity index (χ3v) is 4.16. The van der Waals surface area contributed by atoms with Gasteiger partial charge in [-0.3, -0.25) is 0 Å². The van der Waals surface area contributed by atoms with E-state index in [0.29, 0.717) is 11.6 Å². The lowest BCUT2D eigenvalue weighted by molar-refractivity contribution is 0.0697. The number of aromatic carboxylic acids is 1. The van der Waals surface area contributed by atoms with Crippen molar-refractivity contribution in [2.45, 2.75) is 25.8 Å². The second-order valence-corrected chi connectivity index (χ2v) is 6.04. The van der Waals surface area contributed by atoms with Crippen LogP contribution in [-0.4, -0.2) is 23.7 Å². The number of nitrogens with zero attached hydrogens (tertiary/aromatic N) is 1. The molecule has 1 aliphatic rings. The van der Waals surface area contributed by atoms with Crippen LogP contribution in [0.4, 0.5) is 5.69 Å². The molecule has 3 nitrogen and oxygen atoms in total. The van der Waals surface area contributed by atoms with E-state index in [4.69, 9.17) is 0 Å². The van der Waals surface area contributed by atoms with Gasteiger partial charge in [0.15, 0.2) is 0 Å². The first-order valence-electron chi connectivity index (χ1n) is 5.49. The number of anilines is 1. The summed E-state index contributed by atoms with van der Waals surface area (Å²) in [6, 6.07) is 3.95. The van der Waals surface area contributed by atoms with Gasteiger partial charge in [-0.25, -0.2) is 4.79 Å². The first kappa shape index (κ1) is 12.9. The van der Waals surface area contributed by atoms with Crippen LogP contribution in [0.15, 0.2) is 21.1 Å². The van der Waals surface area contributed by atoms with Crippen molar-refractivity contribution in [3.63, 3.8) is 0 Å². The number of hydrogen-bond donors (Lipinski definition) is 1. The highest BCUT2D eigenvalue weighted by Crippen LogP contribution is 2.37. The summed E-state index contributed by atoms with van der Waals surface area (Å²) in [6.07, 6.45) is 2.23. The first-order valence-corrected chi connectivity index (χ1v) is 7.08. The Hall–Kier alpha value is -0.550. The second kappa shape index (κ2) is 4.98. The van der Waals surface area contributed by atoms with Gasteiger partial charge in [0.2, 0.25) is 0 Å². The minimum atomic E-state index is -0.888. The Morgan fingerprint density at radius 1 is 1.47 bits per heavy atom. The normalized spacial score (nSPS) is 19.7. The molecule has 1 aromatic rings. The van der Waals surface area contributed by atoms with Crippen LogP contribution in [0.5, 0.6) is 0 Å². The van der Waals surface area contributed by atoms with Crippen molar-refractivity contribution in [1.29, 1.82) is 0 Å². The van der Waals surface area contributed by atoms with Crippen LogP contribution in [0.2, 0.25) is 0 Å². The largest absolute Gasteiger partial charge is 0.478 e. The number of halogens is 2. The number of carboxylic acid groups (broad SMARTS) is 1. The van der Waals surface area contributed by atoms with E-state index in [9.17, 15) is 9.90 Å². The van der Waals surface area contributed by atoms with Gasteiger partial charge in [-0.2, -0.15) is 0 Å². The molecule has 1 atom stereocenters. The average Bonchev–Trinajstić information content (AvgIpc) is 2.63. The van der Waals surface area contributed by atoms with Crippen LogP contribution in [0.1, 0.15) is 30.1 Å². The Balaban J connectivity index is 2.54. The Morgan fingerprint density at radius 3 is 2.71 bits per heavy atom. The average molecular weight is 363 g/mol. The monoisotopic (exact) mass is 361 g/mol. The molecule has 0 spiro atoms. The number of carbonyl (C=O) groups is 1. The van der Waals surface area contributed by atoms with Gasteiger partial charge in [0.05, 0.1) is 11.3 Å². The lowest BCUT2D eigenvalue weighted by Crippen LogP contribution is -2.28. The molecule has 1 fully saturated rings. The molecule has 5 heteroatoms. The predicted octanol–water partition coefficient (Wildman–Crippen LogP) is 3.90. The Kier molecular flexibility index (Phi) is 3.78. The quantitative estimate of drug-likeness (QED) is 0.867. The molecule has 2 rings (SSSR count). The fourth-order valence-corrected chi connectivity index (χ4v) is 3.74. The zero-order valence-corrected chi connectivity index (χ0v) is 12.6. The summed E-state index contributed by atoms with van der Waals surface area (Å²) in [4.78, 5) is 13.5. The third kappa shape index (κ3) is 2.50. The molecule has 0 aromatic heterocycles. The van der Waals surface area contributed by atoms with Crippen LogP contribution in [-0.2, 0) is 0 Å². The maximum atomic E-state index is 11.3. The van der Waals surface area contributed by atoms with Crippen LogP contribution in [0.3, 0.4) is 0 Å². The van der Waals surface area contributed by atoms with E-state index >= 15 is 0 Å². The fraction of sp³-hybridized carbons (Fsp3) is 0.417. The highest BCUT2D eigenvalue weighted by molar-refractivity contribution is 9.11. The Morgan fingerprint density at radius 2 is 2.18 bits per heavy atom. The lowest BCUT2D eigenvalue weighted by atomic mass is 10.1. The van der Waals surface area contributed by atoms with Crippen molar-refractivity contribution in [1.82, 2.24) is 0 Å². The zero-order valence-electron chi connectivity index (χ0n) is 9.41. The van der Waals surface area contributed by atoms with Crippen molar-refractivity contribution in [2.75, 3.05) is 11.4 Å². The summed E-state index contributed by atoms with van der Waals surface area (Å²) in [5.74, 6) is -0.888. The van der Waals surface area contributed by atoms with Crippen molar-refractivity contribution >= 4 is 43.5 Å². The number of benzene rings is 1. The molecule has 1 saturated heterocycles. The molecule has 1 aliphatic heterocycles. The topological polar surface area (TPSA) is 40.5 Å². The summed E-state index contributed by atoms with van der Waals surface area (Å²) < 4.78 is 1.61. The third-order valence-electron chi connectivity index (χ3n) is 3.10. The number of carboxylic acids is 1. The summed E-state index contributed by atoms with van der Waals surface area (Å²) in [6.45, 7) is 3.05. The maximum absolute atomic E-state index is 11.3. The molecule has 17 heavy (non-hydrogen) atoms. The molecule has 0 aliphatic carbocycles. The van der Waals surface area contributed by atoms with Crippen LogP contribution < -0.4 is 4.90 Å². The SMILES string of the molecule is CC1CCCN1c1c(Br)cc(Br)cc1C(=O)O. The van der Waals surface area contributed by atoms with E-state index in [1.54, 1.807) is 6.07 Å². The molecule has 0 radical (unpaired) electrons. The van der Waals surface area contributed by atoms with E-state index in [1.807, 2.05) is 6.07 Å². The minimum absolute atomic E-state index is 0.347. The summed E-state index contributed by atoms with van der Waals surface area (Å²) in [5, 5.41) is 9.29. The fourth-order valence-electron chi connectivity index (χ4n) is 2.29. The Labute approximate surface area is 117 Å². The van der Waals surface area contributed by atoms with Gasteiger partial charge in [-0.05, 0) is 47.8 Å². The smallest absolute Gasteiger partial charge is 0.337 e. The highest BCUT2D eigenvalue weighted by Gasteiger charge is 2.27. The highest BCUT2D eigenvalue weighted by atomic mass is 79.9. The van der Waals surface area contributed by atoms with Crippen molar-refractivity contribution in [3.8, 4) is 0 Å². The predicted molar refractivity (Wildman–Crippen MR) is 74.8 cm³/mol. The van der Waals surface area contributed by atoms with Gasteiger partial charge in [0.25, 0.3) is 0 Å². The second-order valence-electron chi connectivity index (χ2n) is 4.27. The summed E-state index contributed by atoms with van der Waals surface area (Å²) in [7, 11) is 0. The zero-order chi connectivity index (χ0) is 12.6. The molecular weight excluding hydrogens is 350 g/mol. The lowest BCUT2D eigenvalue weighted by Gasteiger charge is -2.26. The number of hydrogen-bond acceptors (Lipinski definition) is 2. The molecule has 1 N–H and O–H groups in total. The molecule has 0 bridgehead atoms.